The molecule has 1 amide bonds. The van der Waals surface area contributed by atoms with Crippen molar-refractivity contribution >= 4 is 28.6 Å². The van der Waals surface area contributed by atoms with Crippen LogP contribution in [0.15, 0.2) is 42.6 Å². The zero-order valence-electron chi connectivity index (χ0n) is 19.2. The molecule has 2 saturated heterocycles. The molecule has 0 N–H and O–H groups in total. The molecule has 6 rings (SSSR count). The molecule has 33 heavy (non-hydrogen) atoms. The van der Waals surface area contributed by atoms with Crippen LogP contribution in [0.3, 0.4) is 0 Å². The van der Waals surface area contributed by atoms with Crippen molar-refractivity contribution in [3.8, 4) is 5.75 Å². The van der Waals surface area contributed by atoms with Gasteiger partial charge in [0.05, 0.1) is 30.2 Å². The molecule has 5 heterocycles. The number of amides is 1. The Balaban J connectivity index is 1.35. The van der Waals surface area contributed by atoms with E-state index in [1.165, 1.54) is 11.3 Å². The van der Waals surface area contributed by atoms with Crippen LogP contribution in [0.2, 0.25) is 0 Å². The molecule has 0 radical (unpaired) electrons. The van der Waals surface area contributed by atoms with Crippen molar-refractivity contribution < 1.29 is 9.53 Å². The Labute approximate surface area is 193 Å². The van der Waals surface area contributed by atoms with Crippen LogP contribution >= 0.6 is 0 Å². The average Bonchev–Trinajstić information content (AvgIpc) is 3.57. The summed E-state index contributed by atoms with van der Waals surface area (Å²) in [5.41, 5.74) is 5.85. The molecule has 1 unspecified atom stereocenters. The summed E-state index contributed by atoms with van der Waals surface area (Å²) in [5.74, 6) is 1.08. The van der Waals surface area contributed by atoms with Crippen molar-refractivity contribution in [2.45, 2.75) is 19.0 Å². The summed E-state index contributed by atoms with van der Waals surface area (Å²) in [6, 6.07) is 12.9. The van der Waals surface area contributed by atoms with Gasteiger partial charge in [-0.3, -0.25) is 9.78 Å². The second-order valence-corrected chi connectivity index (χ2v) is 9.22. The number of ether oxygens (including phenoxy) is 1. The van der Waals surface area contributed by atoms with Gasteiger partial charge in [-0.25, -0.2) is 0 Å². The second-order valence-electron chi connectivity index (χ2n) is 9.22. The first-order valence-corrected chi connectivity index (χ1v) is 11.7. The molecule has 0 spiro atoms. The highest BCUT2D eigenvalue weighted by molar-refractivity contribution is 5.92. The smallest absolute Gasteiger partial charge is 0.224 e. The first-order chi connectivity index (χ1) is 16.1. The Hall–Kier alpha value is -3.32. The topological polar surface area (TPSA) is 53.6 Å². The highest BCUT2D eigenvalue weighted by atomic mass is 16.5. The Bertz CT molecular complexity index is 1250. The Kier molecular flexibility index (Phi) is 4.87. The minimum absolute atomic E-state index is 0.237. The number of piperazine rings is 1. The van der Waals surface area contributed by atoms with Gasteiger partial charge in [0.25, 0.3) is 0 Å². The van der Waals surface area contributed by atoms with Crippen molar-refractivity contribution in [2.24, 2.45) is 0 Å². The molecular formula is C26H29N5O2. The number of hydrogen-bond acceptors (Lipinski definition) is 5. The third kappa shape index (κ3) is 3.56. The Morgan fingerprint density at radius 1 is 1.15 bits per heavy atom. The lowest BCUT2D eigenvalue weighted by Crippen LogP contribution is -2.47. The normalized spacial score (nSPS) is 19.8. The van der Waals surface area contributed by atoms with Gasteiger partial charge in [-0.2, -0.15) is 0 Å². The number of carbonyl (C=O) groups is 1. The molecule has 170 valence electrons. The molecule has 0 aliphatic carbocycles. The first kappa shape index (κ1) is 20.3. The van der Waals surface area contributed by atoms with Crippen LogP contribution in [-0.2, 0) is 11.3 Å². The van der Waals surface area contributed by atoms with Crippen molar-refractivity contribution in [1.29, 1.82) is 0 Å². The lowest BCUT2D eigenvalue weighted by Gasteiger charge is -2.32. The van der Waals surface area contributed by atoms with E-state index in [-0.39, 0.29) is 5.91 Å². The zero-order valence-corrected chi connectivity index (χ0v) is 19.2. The number of carbonyl (C=O) groups excluding carboxylic acids is 1. The van der Waals surface area contributed by atoms with Gasteiger partial charge in [-0.1, -0.05) is 6.07 Å². The van der Waals surface area contributed by atoms with Gasteiger partial charge in [0, 0.05) is 68.4 Å². The summed E-state index contributed by atoms with van der Waals surface area (Å²) in [4.78, 5) is 24.3. The van der Waals surface area contributed by atoms with Crippen LogP contribution in [0.1, 0.15) is 29.4 Å². The van der Waals surface area contributed by atoms with Gasteiger partial charge < -0.3 is 24.0 Å². The number of pyridine rings is 1. The van der Waals surface area contributed by atoms with Crippen LogP contribution in [0.4, 0.5) is 0 Å². The van der Waals surface area contributed by atoms with E-state index in [1.807, 2.05) is 23.2 Å². The fourth-order valence-corrected chi connectivity index (χ4v) is 5.17. The minimum atomic E-state index is 0.237. The van der Waals surface area contributed by atoms with Crippen LogP contribution in [0.5, 0.6) is 5.75 Å². The summed E-state index contributed by atoms with van der Waals surface area (Å²) >= 11 is 0. The third-order valence-electron chi connectivity index (χ3n) is 7.18. The van der Waals surface area contributed by atoms with E-state index in [0.717, 1.165) is 60.8 Å². The fourth-order valence-electron chi connectivity index (χ4n) is 5.17. The summed E-state index contributed by atoms with van der Waals surface area (Å²) in [6.45, 7) is 5.17. The zero-order chi connectivity index (χ0) is 22.5. The number of benzene rings is 1. The largest absolute Gasteiger partial charge is 0.497 e. The quantitative estimate of drug-likeness (QED) is 0.568. The maximum atomic E-state index is 13.0. The average molecular weight is 444 g/mol. The van der Waals surface area contributed by atoms with E-state index >= 15 is 0 Å². The highest BCUT2D eigenvalue weighted by Crippen LogP contribution is 2.48. The molecule has 7 nitrogen and oxygen atoms in total. The van der Waals surface area contributed by atoms with Crippen molar-refractivity contribution in [3.63, 3.8) is 0 Å². The van der Waals surface area contributed by atoms with E-state index in [2.05, 4.69) is 56.7 Å². The van der Waals surface area contributed by atoms with E-state index in [9.17, 15) is 4.79 Å². The summed E-state index contributed by atoms with van der Waals surface area (Å²) in [6.07, 6.45) is 4.62. The van der Waals surface area contributed by atoms with Crippen LogP contribution in [0.25, 0.3) is 22.7 Å². The monoisotopic (exact) mass is 443 g/mol. The predicted molar refractivity (Wildman–Crippen MR) is 129 cm³/mol. The van der Waals surface area contributed by atoms with Crippen LogP contribution in [-0.4, -0.2) is 77.0 Å². The molecule has 2 fully saturated rings. The van der Waals surface area contributed by atoms with E-state index in [1.54, 1.807) is 7.11 Å². The van der Waals surface area contributed by atoms with Crippen molar-refractivity contribution in [1.82, 2.24) is 24.3 Å². The van der Waals surface area contributed by atoms with E-state index < -0.39 is 0 Å². The Morgan fingerprint density at radius 2 is 2.00 bits per heavy atom. The third-order valence-corrected chi connectivity index (χ3v) is 7.18. The number of methoxy groups -OCH3 is 1. The van der Waals surface area contributed by atoms with E-state index in [0.29, 0.717) is 19.0 Å². The predicted octanol–water partition coefficient (Wildman–Crippen LogP) is 3.08. The van der Waals surface area contributed by atoms with Gasteiger partial charge in [0.1, 0.15) is 5.75 Å². The molecule has 3 aliphatic rings. The molecular weight excluding hydrogens is 414 g/mol. The van der Waals surface area contributed by atoms with Gasteiger partial charge in [0.2, 0.25) is 5.91 Å². The number of likely N-dealkylation sites (N-methyl/N-ethyl adjacent to an activating group) is 1. The fraction of sp³-hybridized carbons (Fsp3) is 0.385. The van der Waals surface area contributed by atoms with Crippen molar-refractivity contribution in [3.05, 3.63) is 59.5 Å². The van der Waals surface area contributed by atoms with Gasteiger partial charge in [-0.05, 0) is 43.5 Å². The summed E-state index contributed by atoms with van der Waals surface area (Å²) in [5, 5.41) is 1.13. The maximum Gasteiger partial charge on any atom is 0.224 e. The van der Waals surface area contributed by atoms with Gasteiger partial charge >= 0.3 is 0 Å². The van der Waals surface area contributed by atoms with Crippen molar-refractivity contribution in [2.75, 3.05) is 46.9 Å². The molecule has 3 aliphatic heterocycles. The molecule has 1 atom stereocenters. The number of rotatable bonds is 5. The standard InChI is InChI=1S/C26H29N5O2/c1-28-10-12-29(13-11-28)25(32)7-9-30-21-6-5-20(33-2)14-19(21)16-22(30)23-15-18-4-3-8-27-26(18)24-17-31(23)24/h3-6,8,14-16,24H,7,9-13,17H2,1-2H3. The molecule has 3 aromatic rings. The minimum Gasteiger partial charge on any atom is -0.497 e. The maximum absolute atomic E-state index is 13.0. The van der Waals surface area contributed by atoms with E-state index in [4.69, 9.17) is 4.74 Å². The number of aryl methyl sites for hydroxylation is 1. The number of fused-ring (bicyclic) bond motifs is 4. The summed E-state index contributed by atoms with van der Waals surface area (Å²) < 4.78 is 7.78. The van der Waals surface area contributed by atoms with Crippen LogP contribution in [0, 0.1) is 0 Å². The van der Waals surface area contributed by atoms with Gasteiger partial charge in [0.15, 0.2) is 0 Å². The summed E-state index contributed by atoms with van der Waals surface area (Å²) in [7, 11) is 3.81. The Morgan fingerprint density at radius 3 is 2.82 bits per heavy atom. The molecule has 7 heteroatoms. The molecule has 1 aromatic carbocycles. The molecule has 0 saturated carbocycles. The van der Waals surface area contributed by atoms with Crippen LogP contribution < -0.4 is 4.74 Å². The number of hydrogen-bond donors (Lipinski definition) is 0. The lowest BCUT2D eigenvalue weighted by molar-refractivity contribution is -0.132. The SMILES string of the molecule is COc1ccc2c(c1)cc(C1=Cc3cccnc3C3CN13)n2CCC(=O)N1CCN(C)CC1. The number of nitrogens with zero attached hydrogens (tertiary/aromatic N) is 5. The second kappa shape index (κ2) is 7.92. The number of aromatic nitrogens is 2. The molecule has 2 aromatic heterocycles. The molecule has 0 bridgehead atoms. The van der Waals surface area contributed by atoms with Gasteiger partial charge in [-0.15, -0.1) is 0 Å². The highest BCUT2D eigenvalue weighted by Gasteiger charge is 2.43. The lowest BCUT2D eigenvalue weighted by atomic mass is 10.1. The first-order valence-electron chi connectivity index (χ1n) is 11.7.